The van der Waals surface area contributed by atoms with Crippen molar-refractivity contribution in [1.82, 2.24) is 14.9 Å². The smallest absolute Gasteiger partial charge is 0.262 e. The summed E-state index contributed by atoms with van der Waals surface area (Å²) in [5, 5.41) is 4.78. The molecule has 0 aliphatic heterocycles. The molecule has 0 bridgehead atoms. The first kappa shape index (κ1) is 21.2. The number of nitrogens with one attached hydrogen (secondary N) is 1. The number of halogens is 1. The second kappa shape index (κ2) is 9.31. The number of rotatable bonds is 6. The maximum Gasteiger partial charge on any atom is 0.262 e. The van der Waals surface area contributed by atoms with E-state index in [0.717, 1.165) is 6.42 Å². The van der Waals surface area contributed by atoms with Crippen molar-refractivity contribution in [3.63, 3.8) is 0 Å². The Balaban J connectivity index is 1.80. The molecule has 1 saturated carbocycles. The molecule has 2 atom stereocenters. The average Bonchev–Trinajstić information content (AvgIpc) is 2.65. The molecule has 28 heavy (non-hydrogen) atoms. The van der Waals surface area contributed by atoms with Gasteiger partial charge in [0.1, 0.15) is 0 Å². The van der Waals surface area contributed by atoms with Crippen LogP contribution in [0, 0.1) is 11.8 Å². The summed E-state index contributed by atoms with van der Waals surface area (Å²) in [6.07, 6.45) is 4.63. The molecule has 1 N–H and O–H groups in total. The van der Waals surface area contributed by atoms with Gasteiger partial charge in [0.15, 0.2) is 5.16 Å². The Morgan fingerprint density at radius 1 is 1.36 bits per heavy atom. The number of amides is 1. The highest BCUT2D eigenvalue weighted by atomic mass is 35.5. The zero-order chi connectivity index (χ0) is 20.3. The molecule has 7 heteroatoms. The fourth-order valence-electron chi connectivity index (χ4n) is 3.72. The van der Waals surface area contributed by atoms with Crippen LogP contribution in [0.25, 0.3) is 10.9 Å². The highest BCUT2D eigenvalue weighted by molar-refractivity contribution is 7.99. The zero-order valence-electron chi connectivity index (χ0n) is 16.7. The molecular formula is C21H28ClN3O2S. The van der Waals surface area contributed by atoms with Gasteiger partial charge in [-0.2, -0.15) is 0 Å². The van der Waals surface area contributed by atoms with E-state index in [2.05, 4.69) is 31.1 Å². The van der Waals surface area contributed by atoms with Gasteiger partial charge in [-0.25, -0.2) is 4.98 Å². The average molecular weight is 422 g/mol. The van der Waals surface area contributed by atoms with E-state index in [0.29, 0.717) is 33.5 Å². The van der Waals surface area contributed by atoms with Crippen LogP contribution in [0.15, 0.2) is 28.2 Å². The van der Waals surface area contributed by atoms with Crippen LogP contribution in [0.3, 0.4) is 0 Å². The molecule has 152 valence electrons. The van der Waals surface area contributed by atoms with Crippen molar-refractivity contribution < 1.29 is 4.79 Å². The molecule has 0 saturated heterocycles. The van der Waals surface area contributed by atoms with E-state index in [1.165, 1.54) is 31.0 Å². The minimum absolute atomic E-state index is 0.00491. The first-order valence-electron chi connectivity index (χ1n) is 9.97. The van der Waals surface area contributed by atoms with Gasteiger partial charge in [-0.15, -0.1) is 0 Å². The predicted octanol–water partition coefficient (Wildman–Crippen LogP) is 4.49. The number of carbonyl (C=O) groups is 1. The van der Waals surface area contributed by atoms with Crippen LogP contribution in [0.5, 0.6) is 0 Å². The largest absolute Gasteiger partial charge is 0.352 e. The fourth-order valence-corrected chi connectivity index (χ4v) is 4.71. The summed E-state index contributed by atoms with van der Waals surface area (Å²) in [5.41, 5.74) is 0.503. The van der Waals surface area contributed by atoms with E-state index >= 15 is 0 Å². The maximum absolute atomic E-state index is 13.0. The molecule has 5 nitrogen and oxygen atoms in total. The third-order valence-electron chi connectivity index (χ3n) is 5.22. The van der Waals surface area contributed by atoms with Gasteiger partial charge in [0.2, 0.25) is 5.91 Å². The Morgan fingerprint density at radius 2 is 2.11 bits per heavy atom. The number of hydrogen-bond acceptors (Lipinski definition) is 4. The molecule has 2 unspecified atom stereocenters. The lowest BCUT2D eigenvalue weighted by Crippen LogP contribution is -2.42. The molecule has 0 radical (unpaired) electrons. The highest BCUT2D eigenvalue weighted by Crippen LogP contribution is 2.25. The number of aromatic nitrogens is 2. The molecule has 0 spiro atoms. The van der Waals surface area contributed by atoms with E-state index in [1.54, 1.807) is 22.8 Å². The van der Waals surface area contributed by atoms with E-state index in [9.17, 15) is 9.59 Å². The minimum Gasteiger partial charge on any atom is -0.352 e. The zero-order valence-corrected chi connectivity index (χ0v) is 18.3. The van der Waals surface area contributed by atoms with Crippen LogP contribution in [-0.4, -0.2) is 27.3 Å². The Hall–Kier alpha value is -1.53. The van der Waals surface area contributed by atoms with E-state index in [1.807, 2.05) is 0 Å². The van der Waals surface area contributed by atoms with Gasteiger partial charge in [-0.05, 0) is 42.9 Å². The minimum atomic E-state index is -0.106. The van der Waals surface area contributed by atoms with Crippen molar-refractivity contribution in [2.75, 3.05) is 5.75 Å². The molecule has 1 aromatic carbocycles. The quantitative estimate of drug-likeness (QED) is 0.551. The normalized spacial score (nSPS) is 19.9. The van der Waals surface area contributed by atoms with Crippen LogP contribution >= 0.6 is 23.4 Å². The lowest BCUT2D eigenvalue weighted by atomic mass is 9.86. The summed E-state index contributed by atoms with van der Waals surface area (Å²) >= 11 is 7.39. The molecule has 1 heterocycles. The molecule has 1 aromatic heterocycles. The topological polar surface area (TPSA) is 64.0 Å². The van der Waals surface area contributed by atoms with E-state index in [-0.39, 0.29) is 29.2 Å². The van der Waals surface area contributed by atoms with Gasteiger partial charge >= 0.3 is 0 Å². The lowest BCUT2D eigenvalue weighted by molar-refractivity contribution is -0.119. The van der Waals surface area contributed by atoms with Crippen molar-refractivity contribution in [1.29, 1.82) is 0 Å². The van der Waals surface area contributed by atoms with Crippen molar-refractivity contribution in [2.45, 2.75) is 64.2 Å². The second-order valence-electron chi connectivity index (χ2n) is 8.09. The first-order chi connectivity index (χ1) is 13.3. The van der Waals surface area contributed by atoms with Gasteiger partial charge in [0, 0.05) is 17.6 Å². The number of thioether (sulfide) groups is 1. The van der Waals surface area contributed by atoms with Gasteiger partial charge in [-0.1, -0.05) is 57.0 Å². The third-order valence-corrected chi connectivity index (χ3v) is 6.43. The van der Waals surface area contributed by atoms with Crippen molar-refractivity contribution in [2.24, 2.45) is 11.8 Å². The third kappa shape index (κ3) is 5.09. The first-order valence-corrected chi connectivity index (χ1v) is 11.3. The highest BCUT2D eigenvalue weighted by Gasteiger charge is 2.23. The monoisotopic (exact) mass is 421 g/mol. The maximum atomic E-state index is 13.0. The summed E-state index contributed by atoms with van der Waals surface area (Å²) in [7, 11) is 0. The molecule has 1 amide bonds. The van der Waals surface area contributed by atoms with E-state index in [4.69, 9.17) is 11.6 Å². The van der Waals surface area contributed by atoms with Gasteiger partial charge < -0.3 is 5.32 Å². The van der Waals surface area contributed by atoms with Crippen LogP contribution in [0.1, 0.15) is 46.5 Å². The fraction of sp³-hybridized carbons (Fsp3) is 0.571. The van der Waals surface area contributed by atoms with Gasteiger partial charge in [0.25, 0.3) is 5.56 Å². The Bertz CT molecular complexity index is 912. The van der Waals surface area contributed by atoms with Gasteiger partial charge in [0.05, 0.1) is 16.7 Å². The summed E-state index contributed by atoms with van der Waals surface area (Å²) in [6, 6.07) is 5.40. The summed E-state index contributed by atoms with van der Waals surface area (Å²) in [5.74, 6) is 1.07. The molecular weight excluding hydrogens is 394 g/mol. The summed E-state index contributed by atoms with van der Waals surface area (Å²) in [4.78, 5) is 30.1. The standard InChI is InChI=1S/C21H28ClN3O2S/c1-13(2)11-25-20(27)16-10-15(22)8-9-18(16)24-21(25)28-12-19(26)23-17-7-5-4-6-14(17)3/h8-10,13-14,17H,4-7,11-12H2,1-3H3,(H,23,26). The molecule has 1 aliphatic rings. The second-order valence-corrected chi connectivity index (χ2v) is 9.47. The number of benzene rings is 1. The van der Waals surface area contributed by atoms with Crippen molar-refractivity contribution in [3.8, 4) is 0 Å². The number of nitrogens with zero attached hydrogens (tertiary/aromatic N) is 2. The molecule has 3 rings (SSSR count). The van der Waals surface area contributed by atoms with Crippen molar-refractivity contribution in [3.05, 3.63) is 33.6 Å². The van der Waals surface area contributed by atoms with Crippen LogP contribution in [0.4, 0.5) is 0 Å². The van der Waals surface area contributed by atoms with Crippen LogP contribution < -0.4 is 10.9 Å². The Labute approximate surface area is 175 Å². The SMILES string of the molecule is CC(C)Cn1c(SCC(=O)NC2CCCCC2C)nc2ccc(Cl)cc2c1=O. The van der Waals surface area contributed by atoms with E-state index < -0.39 is 0 Å². The summed E-state index contributed by atoms with van der Waals surface area (Å²) < 4.78 is 1.67. The molecule has 2 aromatic rings. The van der Waals surface area contributed by atoms with Gasteiger partial charge in [-0.3, -0.25) is 14.2 Å². The summed E-state index contributed by atoms with van der Waals surface area (Å²) in [6.45, 7) is 6.87. The molecule has 1 aliphatic carbocycles. The van der Waals surface area contributed by atoms with Crippen molar-refractivity contribution >= 4 is 40.2 Å². The lowest BCUT2D eigenvalue weighted by Gasteiger charge is -2.29. The molecule has 1 fully saturated rings. The predicted molar refractivity (Wildman–Crippen MR) is 116 cm³/mol. The Morgan fingerprint density at radius 3 is 2.82 bits per heavy atom. The van der Waals surface area contributed by atoms with Crippen LogP contribution in [0.2, 0.25) is 5.02 Å². The number of fused-ring (bicyclic) bond motifs is 1. The number of hydrogen-bond donors (Lipinski definition) is 1. The van der Waals surface area contributed by atoms with Crippen LogP contribution in [-0.2, 0) is 11.3 Å². The number of carbonyl (C=O) groups excluding carboxylic acids is 1. The Kier molecular flexibility index (Phi) is 7.05.